The number of aryl methyl sites for hydroxylation is 1. The van der Waals surface area contributed by atoms with E-state index in [2.05, 4.69) is 0 Å². The van der Waals surface area contributed by atoms with Gasteiger partial charge in [-0.1, -0.05) is 60.2 Å². The topological polar surface area (TPSA) is 90.0 Å². The number of amides is 2. The summed E-state index contributed by atoms with van der Waals surface area (Å²) in [5.41, 5.74) is 2.36. The van der Waals surface area contributed by atoms with Gasteiger partial charge in [0.25, 0.3) is 11.1 Å². The van der Waals surface area contributed by atoms with Crippen molar-refractivity contribution < 1.29 is 26.9 Å². The Morgan fingerprint density at radius 3 is 2.44 bits per heavy atom. The molecular formula is C29H22INO6S2. The molecule has 0 saturated carbocycles. The van der Waals surface area contributed by atoms with Crippen molar-refractivity contribution in [2.75, 3.05) is 7.11 Å². The van der Waals surface area contributed by atoms with E-state index in [1.54, 1.807) is 30.3 Å². The second-order valence-corrected chi connectivity index (χ2v) is 12.5. The fourth-order valence-corrected chi connectivity index (χ4v) is 6.84. The maximum atomic E-state index is 13.2. The van der Waals surface area contributed by atoms with E-state index >= 15 is 0 Å². The third-order valence-corrected chi connectivity index (χ3v) is 9.08. The number of nitrogens with zero attached hydrogens (tertiary/aromatic N) is 1. The second-order valence-electron chi connectivity index (χ2n) is 8.79. The van der Waals surface area contributed by atoms with Crippen molar-refractivity contribution in [3.8, 4) is 11.5 Å². The van der Waals surface area contributed by atoms with Gasteiger partial charge in [0.05, 0.1) is 22.1 Å². The first kappa shape index (κ1) is 27.2. The van der Waals surface area contributed by atoms with Gasteiger partial charge in [-0.2, -0.15) is 8.42 Å². The van der Waals surface area contributed by atoms with E-state index < -0.39 is 16.0 Å². The van der Waals surface area contributed by atoms with E-state index in [4.69, 9.17) is 8.92 Å². The average Bonchev–Trinajstić information content (AvgIpc) is 3.17. The Morgan fingerprint density at radius 2 is 1.69 bits per heavy atom. The van der Waals surface area contributed by atoms with Crippen LogP contribution in [0, 0.1) is 10.5 Å². The molecule has 0 radical (unpaired) electrons. The van der Waals surface area contributed by atoms with Crippen molar-refractivity contribution in [1.82, 2.24) is 4.90 Å². The SMILES string of the molecule is COc1cc(/C=C2\SC(=O)N(Cc3cccc4ccccc34)C2=O)cc(I)c1OS(=O)(=O)c1ccc(C)cc1. The number of hydrogen-bond acceptors (Lipinski definition) is 7. The lowest BCUT2D eigenvalue weighted by Gasteiger charge is -2.14. The van der Waals surface area contributed by atoms with Crippen molar-refractivity contribution in [2.24, 2.45) is 0 Å². The number of carbonyl (C=O) groups is 2. The number of imide groups is 1. The van der Waals surface area contributed by atoms with E-state index in [-0.39, 0.29) is 33.1 Å². The Bertz CT molecular complexity index is 1740. The molecule has 4 aromatic carbocycles. The molecule has 198 valence electrons. The monoisotopic (exact) mass is 671 g/mol. The van der Waals surface area contributed by atoms with E-state index in [1.165, 1.54) is 24.1 Å². The highest BCUT2D eigenvalue weighted by Crippen LogP contribution is 2.39. The number of fused-ring (bicyclic) bond motifs is 1. The number of methoxy groups -OCH3 is 1. The van der Waals surface area contributed by atoms with Gasteiger partial charge in [-0.05, 0) is 93.5 Å². The van der Waals surface area contributed by atoms with Gasteiger partial charge in [0.15, 0.2) is 11.5 Å². The minimum atomic E-state index is -4.10. The Kier molecular flexibility index (Phi) is 7.70. The van der Waals surface area contributed by atoms with Gasteiger partial charge in [0.2, 0.25) is 0 Å². The predicted molar refractivity (Wildman–Crippen MR) is 160 cm³/mol. The van der Waals surface area contributed by atoms with Gasteiger partial charge < -0.3 is 8.92 Å². The van der Waals surface area contributed by atoms with Crippen LogP contribution < -0.4 is 8.92 Å². The van der Waals surface area contributed by atoms with Crippen LogP contribution in [0.2, 0.25) is 0 Å². The molecule has 0 atom stereocenters. The van der Waals surface area contributed by atoms with Crippen molar-refractivity contribution >= 4 is 72.5 Å². The number of rotatable bonds is 7. The summed E-state index contributed by atoms with van der Waals surface area (Å²) < 4.78 is 37.1. The van der Waals surface area contributed by atoms with Crippen LogP contribution in [0.15, 0.2) is 88.7 Å². The van der Waals surface area contributed by atoms with Crippen LogP contribution >= 0.6 is 34.4 Å². The summed E-state index contributed by atoms with van der Waals surface area (Å²) in [6.07, 6.45) is 1.59. The van der Waals surface area contributed by atoms with Crippen molar-refractivity contribution in [2.45, 2.75) is 18.4 Å². The van der Waals surface area contributed by atoms with E-state index in [9.17, 15) is 18.0 Å². The molecular weight excluding hydrogens is 649 g/mol. The molecule has 0 aromatic heterocycles. The van der Waals surface area contributed by atoms with E-state index in [0.717, 1.165) is 33.7 Å². The maximum absolute atomic E-state index is 13.2. The Morgan fingerprint density at radius 1 is 0.974 bits per heavy atom. The summed E-state index contributed by atoms with van der Waals surface area (Å²) in [5.74, 6) is -0.173. The minimum absolute atomic E-state index is 0.0231. The van der Waals surface area contributed by atoms with Gasteiger partial charge in [-0.25, -0.2) is 0 Å². The third kappa shape index (κ3) is 5.68. The highest BCUT2D eigenvalue weighted by atomic mass is 127. The number of thioether (sulfide) groups is 1. The van der Waals surface area contributed by atoms with Crippen LogP contribution in [-0.4, -0.2) is 31.6 Å². The first-order valence-corrected chi connectivity index (χ1v) is 15.1. The second kappa shape index (κ2) is 11.0. The molecule has 39 heavy (non-hydrogen) atoms. The summed E-state index contributed by atoms with van der Waals surface area (Å²) in [7, 11) is -2.70. The summed E-state index contributed by atoms with van der Waals surface area (Å²) >= 11 is 2.82. The molecule has 5 rings (SSSR count). The van der Waals surface area contributed by atoms with Crippen LogP contribution in [0.1, 0.15) is 16.7 Å². The first-order chi connectivity index (χ1) is 18.7. The van der Waals surface area contributed by atoms with Gasteiger partial charge in [-0.3, -0.25) is 14.5 Å². The van der Waals surface area contributed by atoms with Gasteiger partial charge in [0.1, 0.15) is 4.90 Å². The molecule has 1 saturated heterocycles. The molecule has 0 aliphatic carbocycles. The third-order valence-electron chi connectivity index (χ3n) is 6.13. The summed E-state index contributed by atoms with van der Waals surface area (Å²) in [6.45, 7) is 2.02. The smallest absolute Gasteiger partial charge is 0.339 e. The lowest BCUT2D eigenvalue weighted by molar-refractivity contribution is -0.123. The van der Waals surface area contributed by atoms with Crippen molar-refractivity contribution in [1.29, 1.82) is 0 Å². The number of carbonyl (C=O) groups excluding carboxylic acids is 2. The number of benzene rings is 4. The molecule has 10 heteroatoms. The summed E-state index contributed by atoms with van der Waals surface area (Å²) in [5, 5.41) is 1.66. The Labute approximate surface area is 244 Å². The van der Waals surface area contributed by atoms with Crippen LogP contribution in [0.3, 0.4) is 0 Å². The Balaban J connectivity index is 1.41. The molecule has 1 fully saturated rings. The molecule has 1 heterocycles. The zero-order valence-corrected chi connectivity index (χ0v) is 24.7. The van der Waals surface area contributed by atoms with Crippen LogP contribution in [0.4, 0.5) is 4.79 Å². The van der Waals surface area contributed by atoms with Crippen LogP contribution in [0.5, 0.6) is 11.5 Å². The molecule has 0 N–H and O–H groups in total. The predicted octanol–water partition coefficient (Wildman–Crippen LogP) is 6.77. The first-order valence-electron chi connectivity index (χ1n) is 11.8. The number of halogens is 1. The Hall–Kier alpha value is -3.35. The van der Waals surface area contributed by atoms with Crippen molar-refractivity contribution in [3.63, 3.8) is 0 Å². The van der Waals surface area contributed by atoms with Gasteiger partial charge in [0, 0.05) is 0 Å². The molecule has 1 aliphatic rings. The molecule has 0 unspecified atom stereocenters. The molecule has 0 bridgehead atoms. The normalized spacial score (nSPS) is 14.8. The average molecular weight is 672 g/mol. The summed E-state index contributed by atoms with van der Waals surface area (Å²) in [4.78, 5) is 27.5. The molecule has 0 spiro atoms. The minimum Gasteiger partial charge on any atom is -0.493 e. The van der Waals surface area contributed by atoms with E-state index in [1.807, 2.05) is 72.0 Å². The standard InChI is InChI=1S/C29H22INO6S2/c1-18-10-12-22(13-11-18)39(34,35)37-27-24(30)14-19(15-25(27)36-2)16-26-28(32)31(29(33)38-26)17-21-8-5-7-20-6-3-4-9-23(20)21/h3-16H,17H2,1-2H3/b26-16-. The van der Waals surface area contributed by atoms with Crippen molar-refractivity contribution in [3.05, 3.63) is 104 Å². The fourth-order valence-electron chi connectivity index (χ4n) is 4.16. The zero-order chi connectivity index (χ0) is 27.7. The lowest BCUT2D eigenvalue weighted by Crippen LogP contribution is -2.27. The molecule has 2 amide bonds. The largest absolute Gasteiger partial charge is 0.493 e. The highest BCUT2D eigenvalue weighted by molar-refractivity contribution is 14.1. The maximum Gasteiger partial charge on any atom is 0.339 e. The summed E-state index contributed by atoms with van der Waals surface area (Å²) in [6, 6.07) is 23.2. The molecule has 4 aromatic rings. The molecule has 7 nitrogen and oxygen atoms in total. The quantitative estimate of drug-likeness (QED) is 0.122. The molecule has 1 aliphatic heterocycles. The lowest BCUT2D eigenvalue weighted by atomic mass is 10.0. The van der Waals surface area contributed by atoms with Gasteiger partial charge >= 0.3 is 10.1 Å². The fraction of sp³-hybridized carbons (Fsp3) is 0.103. The van der Waals surface area contributed by atoms with E-state index in [0.29, 0.717) is 9.13 Å². The van der Waals surface area contributed by atoms with Crippen LogP contribution in [-0.2, 0) is 21.5 Å². The number of ether oxygens (including phenoxy) is 1. The van der Waals surface area contributed by atoms with Crippen LogP contribution in [0.25, 0.3) is 16.8 Å². The number of hydrogen-bond donors (Lipinski definition) is 0. The zero-order valence-electron chi connectivity index (χ0n) is 20.9. The van der Waals surface area contributed by atoms with Gasteiger partial charge in [-0.15, -0.1) is 0 Å². The highest BCUT2D eigenvalue weighted by Gasteiger charge is 2.35.